The highest BCUT2D eigenvalue weighted by Crippen LogP contribution is 2.11. The van der Waals surface area contributed by atoms with E-state index in [4.69, 9.17) is 0 Å². The molecule has 1 aliphatic heterocycles. The molecule has 1 N–H and O–H groups in total. The van der Waals surface area contributed by atoms with Crippen LogP contribution in [-0.2, 0) is 11.3 Å². The van der Waals surface area contributed by atoms with Gasteiger partial charge in [-0.15, -0.1) is 0 Å². The largest absolute Gasteiger partial charge is 0.342 e. The number of amides is 1. The molecule has 1 saturated heterocycles. The number of likely N-dealkylation sites (tertiary alicyclic amines) is 1. The summed E-state index contributed by atoms with van der Waals surface area (Å²) in [5.41, 5.74) is 1.13. The van der Waals surface area contributed by atoms with Gasteiger partial charge in [0.25, 0.3) is 0 Å². The van der Waals surface area contributed by atoms with Crippen molar-refractivity contribution in [3.63, 3.8) is 0 Å². The quantitative estimate of drug-likeness (QED) is 0.853. The first-order chi connectivity index (χ1) is 8.70. The number of aromatic nitrogens is 2. The summed E-state index contributed by atoms with van der Waals surface area (Å²) in [5, 5.41) is 7.51. The van der Waals surface area contributed by atoms with Crippen LogP contribution in [-0.4, -0.2) is 40.2 Å². The van der Waals surface area contributed by atoms with Gasteiger partial charge < -0.3 is 10.2 Å². The molecule has 5 nitrogen and oxygen atoms in total. The van der Waals surface area contributed by atoms with E-state index in [9.17, 15) is 4.79 Å². The predicted molar refractivity (Wildman–Crippen MR) is 70.1 cm³/mol. The zero-order valence-electron chi connectivity index (χ0n) is 11.2. The van der Waals surface area contributed by atoms with E-state index >= 15 is 0 Å². The van der Waals surface area contributed by atoms with Crippen molar-refractivity contribution < 1.29 is 4.79 Å². The zero-order valence-corrected chi connectivity index (χ0v) is 11.2. The Morgan fingerprint density at radius 3 is 2.83 bits per heavy atom. The Morgan fingerprint density at radius 2 is 2.22 bits per heavy atom. The smallest absolute Gasteiger partial charge is 0.236 e. The van der Waals surface area contributed by atoms with Crippen LogP contribution in [0.15, 0.2) is 12.4 Å². The van der Waals surface area contributed by atoms with E-state index in [-0.39, 0.29) is 11.9 Å². The molecule has 0 aromatic carbocycles. The average molecular weight is 250 g/mol. The lowest BCUT2D eigenvalue weighted by Gasteiger charge is -2.17. The molecule has 2 heterocycles. The van der Waals surface area contributed by atoms with E-state index < -0.39 is 0 Å². The maximum absolute atomic E-state index is 11.9. The summed E-state index contributed by atoms with van der Waals surface area (Å²) in [6.07, 6.45) is 6.18. The molecule has 100 valence electrons. The summed E-state index contributed by atoms with van der Waals surface area (Å²) < 4.78 is 1.90. The molecule has 1 aliphatic rings. The van der Waals surface area contributed by atoms with Crippen molar-refractivity contribution in [2.45, 2.75) is 39.3 Å². The minimum Gasteiger partial charge on any atom is -0.342 e. The number of rotatable bonds is 5. The first-order valence-corrected chi connectivity index (χ1v) is 6.74. The van der Waals surface area contributed by atoms with Crippen LogP contribution in [0.4, 0.5) is 0 Å². The summed E-state index contributed by atoms with van der Waals surface area (Å²) in [6.45, 7) is 7.25. The molecular weight excluding hydrogens is 228 g/mol. The number of nitrogens with zero attached hydrogens (tertiary/aromatic N) is 3. The minimum absolute atomic E-state index is 0.164. The molecule has 0 radical (unpaired) electrons. The van der Waals surface area contributed by atoms with Crippen LogP contribution < -0.4 is 5.32 Å². The Balaban J connectivity index is 1.80. The van der Waals surface area contributed by atoms with E-state index in [0.29, 0.717) is 6.54 Å². The van der Waals surface area contributed by atoms with Crippen molar-refractivity contribution in [1.82, 2.24) is 20.0 Å². The van der Waals surface area contributed by atoms with Gasteiger partial charge in [-0.2, -0.15) is 5.10 Å². The molecule has 18 heavy (non-hydrogen) atoms. The highest BCUT2D eigenvalue weighted by molar-refractivity contribution is 5.78. The Bertz CT molecular complexity index is 395. The fourth-order valence-electron chi connectivity index (χ4n) is 2.21. The highest BCUT2D eigenvalue weighted by Gasteiger charge is 2.18. The summed E-state index contributed by atoms with van der Waals surface area (Å²) in [5.74, 6) is 0.210. The third-order valence-corrected chi connectivity index (χ3v) is 3.50. The maximum atomic E-state index is 11.9. The molecule has 1 unspecified atom stereocenters. The molecule has 1 aromatic rings. The predicted octanol–water partition coefficient (Wildman–Crippen LogP) is 1.18. The van der Waals surface area contributed by atoms with Gasteiger partial charge in [0.2, 0.25) is 5.91 Å². The summed E-state index contributed by atoms with van der Waals surface area (Å²) in [6, 6.07) is 0.164. The van der Waals surface area contributed by atoms with Crippen LogP contribution in [0.1, 0.15) is 38.3 Å². The normalized spacial score (nSPS) is 17.1. The van der Waals surface area contributed by atoms with Gasteiger partial charge in [0.1, 0.15) is 0 Å². The van der Waals surface area contributed by atoms with Gasteiger partial charge in [0, 0.05) is 37.4 Å². The van der Waals surface area contributed by atoms with E-state index in [1.807, 2.05) is 22.0 Å². The van der Waals surface area contributed by atoms with Crippen molar-refractivity contribution in [3.8, 4) is 0 Å². The van der Waals surface area contributed by atoms with Crippen molar-refractivity contribution in [3.05, 3.63) is 18.0 Å². The second-order valence-corrected chi connectivity index (χ2v) is 4.82. The van der Waals surface area contributed by atoms with E-state index in [2.05, 4.69) is 24.3 Å². The number of hydrogen-bond donors (Lipinski definition) is 1. The number of carbonyl (C=O) groups excluding carboxylic acids is 1. The number of aryl methyl sites for hydroxylation is 1. The highest BCUT2D eigenvalue weighted by atomic mass is 16.2. The van der Waals surface area contributed by atoms with Crippen molar-refractivity contribution in [1.29, 1.82) is 0 Å². The first-order valence-electron chi connectivity index (χ1n) is 6.74. The van der Waals surface area contributed by atoms with Crippen LogP contribution in [0.2, 0.25) is 0 Å². The van der Waals surface area contributed by atoms with Crippen LogP contribution in [0.3, 0.4) is 0 Å². The first kappa shape index (κ1) is 13.1. The molecule has 1 aromatic heterocycles. The van der Waals surface area contributed by atoms with E-state index in [0.717, 1.165) is 38.0 Å². The molecule has 1 fully saturated rings. The number of nitrogens with one attached hydrogen (secondary N) is 1. The Labute approximate surface area is 108 Å². The van der Waals surface area contributed by atoms with Crippen LogP contribution in [0.5, 0.6) is 0 Å². The Morgan fingerprint density at radius 1 is 1.50 bits per heavy atom. The van der Waals surface area contributed by atoms with Crippen molar-refractivity contribution in [2.24, 2.45) is 0 Å². The Kier molecular flexibility index (Phi) is 4.36. The van der Waals surface area contributed by atoms with Gasteiger partial charge in [-0.25, -0.2) is 0 Å². The van der Waals surface area contributed by atoms with Crippen LogP contribution in [0, 0.1) is 0 Å². The molecule has 5 heteroatoms. The summed E-state index contributed by atoms with van der Waals surface area (Å²) >= 11 is 0. The van der Waals surface area contributed by atoms with Crippen molar-refractivity contribution >= 4 is 5.91 Å². The molecule has 0 bridgehead atoms. The molecule has 0 saturated carbocycles. The molecule has 0 aliphatic carbocycles. The third-order valence-electron chi connectivity index (χ3n) is 3.50. The number of carbonyl (C=O) groups is 1. The molecule has 0 spiro atoms. The fraction of sp³-hybridized carbons (Fsp3) is 0.692. The second kappa shape index (κ2) is 6.00. The Hall–Kier alpha value is -1.36. The SMILES string of the molecule is CCn1cc(C(C)NCC(=O)N2CCCC2)cn1. The van der Waals surface area contributed by atoms with Gasteiger partial charge >= 0.3 is 0 Å². The lowest BCUT2D eigenvalue weighted by Crippen LogP contribution is -2.37. The number of hydrogen-bond acceptors (Lipinski definition) is 3. The monoisotopic (exact) mass is 250 g/mol. The minimum atomic E-state index is 0.164. The van der Waals surface area contributed by atoms with Gasteiger partial charge in [-0.3, -0.25) is 9.48 Å². The lowest BCUT2D eigenvalue weighted by atomic mass is 10.2. The summed E-state index contributed by atoms with van der Waals surface area (Å²) in [4.78, 5) is 13.8. The van der Waals surface area contributed by atoms with Gasteiger partial charge in [-0.1, -0.05) is 0 Å². The topological polar surface area (TPSA) is 50.2 Å². The molecular formula is C13H22N4O. The third kappa shape index (κ3) is 3.10. The second-order valence-electron chi connectivity index (χ2n) is 4.82. The molecule has 2 rings (SSSR count). The van der Waals surface area contributed by atoms with Crippen LogP contribution in [0.25, 0.3) is 0 Å². The van der Waals surface area contributed by atoms with Crippen LogP contribution >= 0.6 is 0 Å². The molecule has 1 amide bonds. The standard InChI is InChI=1S/C13H22N4O/c1-3-17-10-12(8-15-17)11(2)14-9-13(18)16-6-4-5-7-16/h8,10-11,14H,3-7,9H2,1-2H3. The zero-order chi connectivity index (χ0) is 13.0. The fourth-order valence-corrected chi connectivity index (χ4v) is 2.21. The maximum Gasteiger partial charge on any atom is 0.236 e. The van der Waals surface area contributed by atoms with Crippen molar-refractivity contribution in [2.75, 3.05) is 19.6 Å². The van der Waals surface area contributed by atoms with Gasteiger partial charge in [-0.05, 0) is 26.7 Å². The lowest BCUT2D eigenvalue weighted by molar-refractivity contribution is -0.129. The van der Waals surface area contributed by atoms with Gasteiger partial charge in [0.15, 0.2) is 0 Å². The average Bonchev–Trinajstić information content (AvgIpc) is 3.05. The molecule has 1 atom stereocenters. The van der Waals surface area contributed by atoms with E-state index in [1.165, 1.54) is 0 Å². The summed E-state index contributed by atoms with van der Waals surface area (Å²) in [7, 11) is 0. The van der Waals surface area contributed by atoms with E-state index in [1.54, 1.807) is 0 Å². The van der Waals surface area contributed by atoms with Gasteiger partial charge in [0.05, 0.1) is 12.7 Å².